The van der Waals surface area contributed by atoms with Crippen molar-refractivity contribution >= 4 is 11.3 Å². The van der Waals surface area contributed by atoms with E-state index in [9.17, 15) is 4.39 Å². The lowest BCUT2D eigenvalue weighted by Gasteiger charge is -2.03. The van der Waals surface area contributed by atoms with Gasteiger partial charge in [-0.15, -0.1) is 5.10 Å². The first-order valence-corrected chi connectivity index (χ1v) is 5.71. The average Bonchev–Trinajstić information content (AvgIpc) is 2.82. The maximum Gasteiger partial charge on any atom is 0.189 e. The van der Waals surface area contributed by atoms with Crippen molar-refractivity contribution in [3.63, 3.8) is 0 Å². The third-order valence-electron chi connectivity index (χ3n) is 2.63. The minimum Gasteiger partial charge on any atom is -0.482 e. The summed E-state index contributed by atoms with van der Waals surface area (Å²) >= 11 is 0. The lowest BCUT2D eigenvalue weighted by Crippen LogP contribution is -1.99. The van der Waals surface area contributed by atoms with Crippen LogP contribution in [0.4, 0.5) is 10.1 Å². The van der Waals surface area contributed by atoms with Gasteiger partial charge in [0.05, 0.1) is 5.69 Å². The average molecular weight is 258 g/mol. The van der Waals surface area contributed by atoms with E-state index in [4.69, 9.17) is 10.5 Å². The molecule has 2 N–H and O–H groups in total. The van der Waals surface area contributed by atoms with E-state index in [0.717, 1.165) is 0 Å². The van der Waals surface area contributed by atoms with Gasteiger partial charge in [0.25, 0.3) is 0 Å². The number of halogens is 1. The second-order valence-electron chi connectivity index (χ2n) is 3.98. The van der Waals surface area contributed by atoms with E-state index in [1.165, 1.54) is 6.07 Å². The van der Waals surface area contributed by atoms with Gasteiger partial charge >= 0.3 is 0 Å². The molecule has 0 unspecified atom stereocenters. The largest absolute Gasteiger partial charge is 0.482 e. The number of para-hydroxylation sites is 1. The van der Waals surface area contributed by atoms with Crippen LogP contribution < -0.4 is 10.5 Å². The van der Waals surface area contributed by atoms with E-state index in [2.05, 4.69) is 10.1 Å². The molecule has 6 heteroatoms. The number of nitrogens with two attached hydrogens (primary N) is 1. The molecule has 0 saturated carbocycles. The van der Waals surface area contributed by atoms with Crippen LogP contribution in [0.2, 0.25) is 0 Å². The zero-order valence-corrected chi connectivity index (χ0v) is 9.95. The zero-order valence-electron chi connectivity index (χ0n) is 9.95. The lowest BCUT2D eigenvalue weighted by atomic mass is 10.3. The maximum absolute atomic E-state index is 13.4. The lowest BCUT2D eigenvalue weighted by molar-refractivity contribution is 0.281. The summed E-state index contributed by atoms with van der Waals surface area (Å²) in [6, 6.07) is 9.72. The summed E-state index contributed by atoms with van der Waals surface area (Å²) in [4.78, 5) is 4.24. The summed E-state index contributed by atoms with van der Waals surface area (Å²) in [6.07, 6.45) is 1.74. The maximum atomic E-state index is 13.4. The van der Waals surface area contributed by atoms with Gasteiger partial charge in [-0.25, -0.2) is 13.9 Å². The number of nitrogen functional groups attached to an aromatic ring is 1. The number of hydrogen-bond acceptors (Lipinski definition) is 4. The van der Waals surface area contributed by atoms with Crippen LogP contribution in [0.5, 0.6) is 5.75 Å². The Morgan fingerprint density at radius 3 is 2.84 bits per heavy atom. The fourth-order valence-corrected chi connectivity index (χ4v) is 1.74. The number of aromatic nitrogens is 3. The number of nitrogens with zero attached hydrogens (tertiary/aromatic N) is 3. The van der Waals surface area contributed by atoms with Crippen LogP contribution in [0, 0.1) is 5.82 Å². The van der Waals surface area contributed by atoms with Gasteiger partial charge in [-0.3, -0.25) is 0 Å². The number of anilines is 1. The van der Waals surface area contributed by atoms with Crippen molar-refractivity contribution in [1.82, 2.24) is 14.6 Å². The monoisotopic (exact) mass is 258 g/mol. The van der Waals surface area contributed by atoms with E-state index in [-0.39, 0.29) is 12.4 Å². The van der Waals surface area contributed by atoms with E-state index in [1.807, 2.05) is 0 Å². The molecule has 1 aromatic carbocycles. The van der Waals surface area contributed by atoms with E-state index < -0.39 is 5.82 Å². The highest BCUT2D eigenvalue weighted by molar-refractivity contribution is 5.63. The van der Waals surface area contributed by atoms with Gasteiger partial charge in [0.15, 0.2) is 23.0 Å². The third-order valence-corrected chi connectivity index (χ3v) is 2.63. The molecule has 96 valence electrons. The fraction of sp³-hybridized carbons (Fsp3) is 0.0769. The summed E-state index contributed by atoms with van der Waals surface area (Å²) in [5, 5.41) is 4.20. The van der Waals surface area contributed by atoms with Crippen LogP contribution in [0.25, 0.3) is 5.65 Å². The molecule has 0 amide bonds. The number of rotatable bonds is 3. The second-order valence-corrected chi connectivity index (χ2v) is 3.98. The van der Waals surface area contributed by atoms with E-state index in [0.29, 0.717) is 17.2 Å². The minimum atomic E-state index is -0.411. The standard InChI is InChI=1S/C13H11FN4O/c14-9-4-1-2-6-11(9)19-8-12-16-13-10(15)5-3-7-18(13)17-12/h1-7H,8,15H2. The fourth-order valence-electron chi connectivity index (χ4n) is 1.74. The van der Waals surface area contributed by atoms with Crippen LogP contribution >= 0.6 is 0 Å². The molecule has 3 aromatic rings. The first-order chi connectivity index (χ1) is 9.24. The Labute approximate surface area is 108 Å². The molecule has 2 aromatic heterocycles. The van der Waals surface area contributed by atoms with Crippen molar-refractivity contribution in [2.75, 3.05) is 5.73 Å². The van der Waals surface area contributed by atoms with Gasteiger partial charge in [-0.05, 0) is 24.3 Å². The number of benzene rings is 1. The molecule has 0 spiro atoms. The van der Waals surface area contributed by atoms with Gasteiger partial charge in [0.1, 0.15) is 6.61 Å². The molecule has 19 heavy (non-hydrogen) atoms. The smallest absolute Gasteiger partial charge is 0.189 e. The van der Waals surface area contributed by atoms with Gasteiger partial charge in [-0.1, -0.05) is 12.1 Å². The predicted molar refractivity (Wildman–Crippen MR) is 68.1 cm³/mol. The minimum absolute atomic E-state index is 0.0854. The SMILES string of the molecule is Nc1cccn2nc(COc3ccccc3F)nc12. The molecule has 3 rings (SSSR count). The zero-order chi connectivity index (χ0) is 13.2. The van der Waals surface area contributed by atoms with Crippen LogP contribution in [0.1, 0.15) is 5.82 Å². The second kappa shape index (κ2) is 4.56. The van der Waals surface area contributed by atoms with Gasteiger partial charge in [-0.2, -0.15) is 0 Å². The van der Waals surface area contributed by atoms with Crippen molar-refractivity contribution in [1.29, 1.82) is 0 Å². The number of fused-ring (bicyclic) bond motifs is 1. The van der Waals surface area contributed by atoms with E-state index >= 15 is 0 Å². The van der Waals surface area contributed by atoms with Crippen molar-refractivity contribution < 1.29 is 9.13 Å². The molecule has 0 aliphatic heterocycles. The molecular weight excluding hydrogens is 247 g/mol. The molecule has 2 heterocycles. The Bertz CT molecular complexity index is 725. The van der Waals surface area contributed by atoms with Crippen LogP contribution in [0.3, 0.4) is 0 Å². The highest BCUT2D eigenvalue weighted by Gasteiger charge is 2.08. The quantitative estimate of drug-likeness (QED) is 0.780. The first kappa shape index (κ1) is 11.5. The molecule has 0 saturated heterocycles. The normalized spacial score (nSPS) is 10.8. The van der Waals surface area contributed by atoms with Crippen molar-refractivity contribution in [3.8, 4) is 5.75 Å². The highest BCUT2D eigenvalue weighted by atomic mass is 19.1. The van der Waals surface area contributed by atoms with Crippen molar-refractivity contribution in [3.05, 3.63) is 54.2 Å². The van der Waals surface area contributed by atoms with Crippen molar-refractivity contribution in [2.45, 2.75) is 6.61 Å². The molecule has 0 bridgehead atoms. The molecular formula is C13H11FN4O. The Morgan fingerprint density at radius 2 is 2.05 bits per heavy atom. The van der Waals surface area contributed by atoms with Crippen molar-refractivity contribution in [2.24, 2.45) is 0 Å². The van der Waals surface area contributed by atoms with Crippen LogP contribution in [-0.4, -0.2) is 14.6 Å². The molecule has 0 aliphatic carbocycles. The predicted octanol–water partition coefficient (Wildman–Crippen LogP) is 2.03. The summed E-state index contributed by atoms with van der Waals surface area (Å²) in [7, 11) is 0. The van der Waals surface area contributed by atoms with Gasteiger partial charge < -0.3 is 10.5 Å². The van der Waals surface area contributed by atoms with Crippen LogP contribution in [0.15, 0.2) is 42.6 Å². The molecule has 0 radical (unpaired) electrons. The Kier molecular flexibility index (Phi) is 2.75. The Hall–Kier alpha value is -2.63. The Morgan fingerprint density at radius 1 is 1.21 bits per heavy atom. The molecule has 0 atom stereocenters. The number of pyridine rings is 1. The number of ether oxygens (including phenoxy) is 1. The molecule has 0 aliphatic rings. The highest BCUT2D eigenvalue weighted by Crippen LogP contribution is 2.17. The summed E-state index contributed by atoms with van der Waals surface area (Å²) < 4.78 is 20.3. The molecule has 0 fully saturated rings. The van der Waals surface area contributed by atoms with Crippen LogP contribution in [-0.2, 0) is 6.61 Å². The van der Waals surface area contributed by atoms with E-state index in [1.54, 1.807) is 41.0 Å². The Balaban J connectivity index is 1.83. The summed E-state index contributed by atoms with van der Waals surface area (Å²) in [5.74, 6) is 0.209. The number of hydrogen-bond donors (Lipinski definition) is 1. The molecule has 5 nitrogen and oxygen atoms in total. The summed E-state index contributed by atoms with van der Waals surface area (Å²) in [5.41, 5.74) is 6.88. The third kappa shape index (κ3) is 2.20. The van der Waals surface area contributed by atoms with Gasteiger partial charge in [0, 0.05) is 6.20 Å². The summed E-state index contributed by atoms with van der Waals surface area (Å²) in [6.45, 7) is 0.0854. The topological polar surface area (TPSA) is 65.4 Å². The first-order valence-electron chi connectivity index (χ1n) is 5.71. The van der Waals surface area contributed by atoms with Gasteiger partial charge in [0.2, 0.25) is 0 Å².